The van der Waals surface area contributed by atoms with E-state index in [9.17, 15) is 9.59 Å². The molecular weight excluding hydrogens is 486 g/mol. The molecule has 1 aromatic heterocycles. The van der Waals surface area contributed by atoms with E-state index in [1.807, 2.05) is 84.9 Å². The molecule has 0 bridgehead atoms. The first-order valence-electron chi connectivity index (χ1n) is 13.2. The van der Waals surface area contributed by atoms with E-state index in [1.54, 1.807) is 6.92 Å². The zero-order chi connectivity index (χ0) is 26.8. The molecule has 1 amide bonds. The van der Waals surface area contributed by atoms with E-state index in [-0.39, 0.29) is 5.91 Å². The smallest absolute Gasteiger partial charge is 0.339 e. The van der Waals surface area contributed by atoms with Crippen LogP contribution in [0.5, 0.6) is 0 Å². The number of nitrogens with zero attached hydrogens (tertiary/aromatic N) is 2. The van der Waals surface area contributed by atoms with Crippen LogP contribution in [-0.4, -0.2) is 34.4 Å². The van der Waals surface area contributed by atoms with Gasteiger partial charge in [-0.05, 0) is 30.0 Å². The second-order valence-corrected chi connectivity index (χ2v) is 9.94. The van der Waals surface area contributed by atoms with E-state index >= 15 is 0 Å². The van der Waals surface area contributed by atoms with Crippen LogP contribution in [0.15, 0.2) is 97.1 Å². The van der Waals surface area contributed by atoms with Crippen LogP contribution in [0.3, 0.4) is 0 Å². The Morgan fingerprint density at radius 3 is 2.46 bits per heavy atom. The highest BCUT2D eigenvalue weighted by atomic mass is 16.5. The average Bonchev–Trinajstić information content (AvgIpc) is 2.96. The van der Waals surface area contributed by atoms with Gasteiger partial charge in [-0.25, -0.2) is 4.79 Å². The van der Waals surface area contributed by atoms with Crippen molar-refractivity contribution in [1.29, 1.82) is 0 Å². The van der Waals surface area contributed by atoms with E-state index in [2.05, 4.69) is 22.3 Å². The number of benzene rings is 4. The predicted octanol–water partition coefficient (Wildman–Crippen LogP) is 6.13. The van der Waals surface area contributed by atoms with Crippen LogP contribution < -0.4 is 5.32 Å². The number of aromatic nitrogens is 1. The van der Waals surface area contributed by atoms with Crippen molar-refractivity contribution in [2.24, 2.45) is 0 Å². The van der Waals surface area contributed by atoms with E-state index < -0.39 is 12.1 Å². The van der Waals surface area contributed by atoms with Crippen molar-refractivity contribution in [3.63, 3.8) is 0 Å². The first kappa shape index (κ1) is 24.8. The predicted molar refractivity (Wildman–Crippen MR) is 153 cm³/mol. The Bertz CT molecular complexity index is 1680. The van der Waals surface area contributed by atoms with Gasteiger partial charge in [-0.1, -0.05) is 84.9 Å². The van der Waals surface area contributed by atoms with E-state index in [4.69, 9.17) is 9.72 Å². The molecule has 194 valence electrons. The zero-order valence-corrected chi connectivity index (χ0v) is 21.8. The number of hydrogen-bond acceptors (Lipinski definition) is 5. The van der Waals surface area contributed by atoms with Crippen LogP contribution in [0.2, 0.25) is 0 Å². The number of fused-ring (bicyclic) bond motifs is 3. The van der Waals surface area contributed by atoms with E-state index in [0.717, 1.165) is 52.4 Å². The highest BCUT2D eigenvalue weighted by Gasteiger charge is 2.29. The van der Waals surface area contributed by atoms with Crippen molar-refractivity contribution in [3.05, 3.63) is 119 Å². The fourth-order valence-corrected chi connectivity index (χ4v) is 5.30. The fraction of sp³-hybridized carbons (Fsp3) is 0.182. The summed E-state index contributed by atoms with van der Waals surface area (Å²) in [7, 11) is 0. The minimum Gasteiger partial charge on any atom is -0.449 e. The molecule has 1 aliphatic rings. The third-order valence-electron chi connectivity index (χ3n) is 7.28. The van der Waals surface area contributed by atoms with Gasteiger partial charge in [0.2, 0.25) is 0 Å². The number of rotatable bonds is 6. The van der Waals surface area contributed by atoms with Gasteiger partial charge in [0.05, 0.1) is 11.1 Å². The molecule has 6 nitrogen and oxygen atoms in total. The fourth-order valence-electron chi connectivity index (χ4n) is 5.30. The average molecular weight is 516 g/mol. The number of amides is 1. The second kappa shape index (κ2) is 10.7. The largest absolute Gasteiger partial charge is 0.449 e. The van der Waals surface area contributed by atoms with Gasteiger partial charge in [0, 0.05) is 53.8 Å². The van der Waals surface area contributed by atoms with Crippen LogP contribution in [0.1, 0.15) is 34.1 Å². The number of pyridine rings is 1. The molecular formula is C33H29N3O3. The lowest BCUT2D eigenvalue weighted by molar-refractivity contribution is -0.123. The number of esters is 1. The van der Waals surface area contributed by atoms with Crippen LogP contribution >= 0.6 is 0 Å². The van der Waals surface area contributed by atoms with Gasteiger partial charge in [-0.2, -0.15) is 0 Å². The Hall–Kier alpha value is -4.55. The summed E-state index contributed by atoms with van der Waals surface area (Å²) in [6.07, 6.45) is -0.243. The topological polar surface area (TPSA) is 71.5 Å². The second-order valence-electron chi connectivity index (χ2n) is 9.94. The standard InChI is InChI=1S/C33H29N3O3/c1-22(32(37)35-28-17-9-13-24-12-5-6-14-25(24)28)39-33(38)31-26-15-7-8-16-29(26)34-30-18-19-36(21-27(30)31)20-23-10-3-2-4-11-23/h2-17,22H,18-21H2,1H3,(H,35,37). The minimum atomic E-state index is -0.983. The SMILES string of the molecule is CC(OC(=O)c1c2c(nc3ccccc13)CCN(Cc1ccccc1)C2)C(=O)Nc1cccc2ccccc12. The number of carbonyl (C=O) groups excluding carboxylic acids is 2. The highest BCUT2D eigenvalue weighted by Crippen LogP contribution is 2.30. The molecule has 1 aliphatic heterocycles. The lowest BCUT2D eigenvalue weighted by atomic mass is 9.95. The summed E-state index contributed by atoms with van der Waals surface area (Å²) in [5, 5.41) is 5.63. The minimum absolute atomic E-state index is 0.377. The van der Waals surface area contributed by atoms with Gasteiger partial charge in [-0.3, -0.25) is 14.7 Å². The van der Waals surface area contributed by atoms with Crippen molar-refractivity contribution in [2.75, 3.05) is 11.9 Å². The third-order valence-corrected chi connectivity index (χ3v) is 7.28. The van der Waals surface area contributed by atoms with Crippen molar-refractivity contribution < 1.29 is 14.3 Å². The molecule has 1 N–H and O–H groups in total. The zero-order valence-electron chi connectivity index (χ0n) is 21.8. The highest BCUT2D eigenvalue weighted by molar-refractivity contribution is 6.07. The van der Waals surface area contributed by atoms with Gasteiger partial charge in [0.25, 0.3) is 5.91 Å². The molecule has 6 rings (SSSR count). The number of anilines is 1. The summed E-state index contributed by atoms with van der Waals surface area (Å²) in [6, 6.07) is 31.5. The Kier molecular flexibility index (Phi) is 6.78. The molecule has 6 heteroatoms. The molecule has 2 heterocycles. The first-order valence-corrected chi connectivity index (χ1v) is 13.2. The molecule has 4 aromatic carbocycles. The first-order chi connectivity index (χ1) is 19.1. The van der Waals surface area contributed by atoms with Crippen molar-refractivity contribution in [2.45, 2.75) is 32.5 Å². The number of para-hydroxylation sites is 1. The van der Waals surface area contributed by atoms with Gasteiger partial charge in [0.15, 0.2) is 6.10 Å². The van der Waals surface area contributed by atoms with Gasteiger partial charge in [0.1, 0.15) is 0 Å². The van der Waals surface area contributed by atoms with Gasteiger partial charge in [-0.15, -0.1) is 0 Å². The summed E-state index contributed by atoms with van der Waals surface area (Å²) in [5.41, 5.74) is 4.95. The van der Waals surface area contributed by atoms with Crippen molar-refractivity contribution in [1.82, 2.24) is 9.88 Å². The Balaban J connectivity index is 1.27. The molecule has 0 spiro atoms. The monoisotopic (exact) mass is 515 g/mol. The van der Waals surface area contributed by atoms with Crippen molar-refractivity contribution in [3.8, 4) is 0 Å². The maximum Gasteiger partial charge on any atom is 0.339 e. The Morgan fingerprint density at radius 1 is 0.897 bits per heavy atom. The summed E-state index contributed by atoms with van der Waals surface area (Å²) in [6.45, 7) is 3.83. The molecule has 5 aromatic rings. The van der Waals surface area contributed by atoms with Gasteiger partial charge >= 0.3 is 5.97 Å². The van der Waals surface area contributed by atoms with Crippen LogP contribution in [-0.2, 0) is 29.0 Å². The van der Waals surface area contributed by atoms with Gasteiger partial charge < -0.3 is 10.1 Å². The quantitative estimate of drug-likeness (QED) is 0.276. The molecule has 0 fully saturated rings. The summed E-state index contributed by atoms with van der Waals surface area (Å²) < 4.78 is 5.81. The van der Waals surface area contributed by atoms with Crippen LogP contribution in [0, 0.1) is 0 Å². The number of nitrogens with one attached hydrogen (secondary N) is 1. The lowest BCUT2D eigenvalue weighted by Crippen LogP contribution is -2.34. The van der Waals surface area contributed by atoms with Crippen LogP contribution in [0.4, 0.5) is 5.69 Å². The number of ether oxygens (including phenoxy) is 1. The molecule has 1 unspecified atom stereocenters. The van der Waals surface area contributed by atoms with Crippen LogP contribution in [0.25, 0.3) is 21.7 Å². The lowest BCUT2D eigenvalue weighted by Gasteiger charge is -2.30. The number of carbonyl (C=O) groups is 2. The maximum atomic E-state index is 13.7. The number of hydrogen-bond donors (Lipinski definition) is 1. The summed E-state index contributed by atoms with van der Waals surface area (Å²) in [4.78, 5) is 34.1. The normalized spacial score (nSPS) is 14.1. The molecule has 0 radical (unpaired) electrons. The Morgan fingerprint density at radius 2 is 1.62 bits per heavy atom. The van der Waals surface area contributed by atoms with E-state index in [0.29, 0.717) is 17.8 Å². The maximum absolute atomic E-state index is 13.7. The van der Waals surface area contributed by atoms with E-state index in [1.165, 1.54) is 5.56 Å². The third kappa shape index (κ3) is 5.11. The summed E-state index contributed by atoms with van der Waals surface area (Å²) >= 11 is 0. The Labute approximate surface area is 227 Å². The summed E-state index contributed by atoms with van der Waals surface area (Å²) in [5.74, 6) is -0.885. The molecule has 0 aliphatic carbocycles. The van der Waals surface area contributed by atoms with Crippen molar-refractivity contribution >= 4 is 39.2 Å². The molecule has 39 heavy (non-hydrogen) atoms. The molecule has 1 atom stereocenters. The molecule has 0 saturated heterocycles. The molecule has 0 saturated carbocycles.